The predicted molar refractivity (Wildman–Crippen MR) is 144 cm³/mol. The molecule has 2 fully saturated rings. The predicted octanol–water partition coefficient (Wildman–Crippen LogP) is 3.45. The molecule has 2 saturated heterocycles. The Morgan fingerprint density at radius 1 is 0.917 bits per heavy atom. The van der Waals surface area contributed by atoms with Gasteiger partial charge in [0.1, 0.15) is 0 Å². The van der Waals surface area contributed by atoms with Crippen molar-refractivity contribution < 1.29 is 13.2 Å². The molecule has 2 atom stereocenters. The van der Waals surface area contributed by atoms with Crippen molar-refractivity contribution in [2.75, 3.05) is 58.7 Å². The molecule has 3 aliphatic rings. The molecule has 36 heavy (non-hydrogen) atoms. The maximum Gasteiger partial charge on any atom is 0.175 e. The number of benzene rings is 2. The maximum atomic E-state index is 11.7. The summed E-state index contributed by atoms with van der Waals surface area (Å²) < 4.78 is 29.5. The molecule has 0 spiro atoms. The Hall–Kier alpha value is -1.77. The van der Waals surface area contributed by atoms with Crippen LogP contribution in [0.25, 0.3) is 0 Å². The molecule has 0 saturated carbocycles. The molecule has 6 nitrogen and oxygen atoms in total. The standard InChI is InChI=1S/C29H41N3O3S/c1-36(33,34)29-11-8-24(9-12-29)19-31-16-17-32-20-25(7-10-28(32)22-31)23-35-18-4-14-30-15-13-26-5-2-3-6-27(26)21-30/h2-3,5-6,8-9,11-12,25,28H,4,7,10,13-23H2,1H3. The van der Waals surface area contributed by atoms with E-state index in [9.17, 15) is 8.42 Å². The lowest BCUT2D eigenvalue weighted by Gasteiger charge is -2.46. The summed E-state index contributed by atoms with van der Waals surface area (Å²) in [6.07, 6.45) is 6.04. The Labute approximate surface area is 217 Å². The molecule has 5 rings (SSSR count). The second-order valence-corrected chi connectivity index (χ2v) is 13.0. The van der Waals surface area contributed by atoms with Gasteiger partial charge in [0.05, 0.1) is 11.5 Å². The van der Waals surface area contributed by atoms with E-state index in [2.05, 4.69) is 39.0 Å². The van der Waals surface area contributed by atoms with Crippen molar-refractivity contribution in [1.82, 2.24) is 14.7 Å². The number of piperazine rings is 1. The third kappa shape index (κ3) is 6.75. The van der Waals surface area contributed by atoms with E-state index in [1.165, 1.54) is 48.8 Å². The summed E-state index contributed by atoms with van der Waals surface area (Å²) in [6.45, 7) is 10.5. The monoisotopic (exact) mass is 511 g/mol. The normalized spacial score (nSPS) is 23.8. The molecular formula is C29H41N3O3S. The van der Waals surface area contributed by atoms with Crippen LogP contribution >= 0.6 is 0 Å². The van der Waals surface area contributed by atoms with E-state index in [0.29, 0.717) is 16.9 Å². The number of nitrogens with zero attached hydrogens (tertiary/aromatic N) is 3. The highest BCUT2D eigenvalue weighted by atomic mass is 32.2. The van der Waals surface area contributed by atoms with Crippen LogP contribution in [0.2, 0.25) is 0 Å². The third-order valence-electron chi connectivity index (χ3n) is 8.17. The Balaban J connectivity index is 0.979. The van der Waals surface area contributed by atoms with Gasteiger partial charge in [-0.1, -0.05) is 36.4 Å². The average Bonchev–Trinajstić information content (AvgIpc) is 2.88. The second kappa shape index (κ2) is 11.7. The molecule has 2 aromatic carbocycles. The molecule has 0 aromatic heterocycles. The summed E-state index contributed by atoms with van der Waals surface area (Å²) in [5.74, 6) is 0.651. The van der Waals surface area contributed by atoms with Crippen LogP contribution in [-0.2, 0) is 34.1 Å². The van der Waals surface area contributed by atoms with E-state index in [1.807, 2.05) is 12.1 Å². The van der Waals surface area contributed by atoms with Gasteiger partial charge in [0, 0.05) is 71.3 Å². The van der Waals surface area contributed by atoms with Crippen molar-refractivity contribution in [2.45, 2.75) is 49.7 Å². The molecule has 2 aromatic rings. The minimum atomic E-state index is -3.13. The van der Waals surface area contributed by atoms with Gasteiger partial charge in [0.2, 0.25) is 0 Å². The Morgan fingerprint density at radius 3 is 2.53 bits per heavy atom. The number of piperidine rings is 1. The number of hydrogen-bond donors (Lipinski definition) is 0. The minimum absolute atomic E-state index is 0.397. The highest BCUT2D eigenvalue weighted by Crippen LogP contribution is 2.26. The smallest absolute Gasteiger partial charge is 0.175 e. The number of hydrogen-bond acceptors (Lipinski definition) is 6. The Bertz CT molecular complexity index is 1110. The van der Waals surface area contributed by atoms with Crippen molar-refractivity contribution in [1.29, 1.82) is 0 Å². The van der Waals surface area contributed by atoms with Crippen LogP contribution in [0, 0.1) is 5.92 Å². The molecule has 196 valence electrons. The van der Waals surface area contributed by atoms with E-state index in [0.717, 1.165) is 65.4 Å². The van der Waals surface area contributed by atoms with Gasteiger partial charge in [-0.3, -0.25) is 14.7 Å². The topological polar surface area (TPSA) is 53.1 Å². The first kappa shape index (κ1) is 25.9. The minimum Gasteiger partial charge on any atom is -0.381 e. The van der Waals surface area contributed by atoms with Crippen molar-refractivity contribution in [3.8, 4) is 0 Å². The maximum absolute atomic E-state index is 11.7. The van der Waals surface area contributed by atoms with Crippen LogP contribution in [-0.4, -0.2) is 87.9 Å². The molecular weight excluding hydrogens is 470 g/mol. The van der Waals surface area contributed by atoms with Crippen LogP contribution in [0.1, 0.15) is 36.0 Å². The molecule has 2 unspecified atom stereocenters. The van der Waals surface area contributed by atoms with Gasteiger partial charge in [0.25, 0.3) is 0 Å². The number of ether oxygens (including phenoxy) is 1. The third-order valence-corrected chi connectivity index (χ3v) is 9.30. The lowest BCUT2D eigenvalue weighted by Crippen LogP contribution is -2.56. The van der Waals surface area contributed by atoms with Crippen LogP contribution in [0.4, 0.5) is 0 Å². The zero-order valence-electron chi connectivity index (χ0n) is 21.6. The Morgan fingerprint density at radius 2 is 1.72 bits per heavy atom. The molecule has 0 amide bonds. The Kier molecular flexibility index (Phi) is 8.43. The summed E-state index contributed by atoms with van der Waals surface area (Å²) in [4.78, 5) is 8.16. The summed E-state index contributed by atoms with van der Waals surface area (Å²) in [7, 11) is -3.13. The molecule has 7 heteroatoms. The van der Waals surface area contributed by atoms with Crippen LogP contribution in [0.5, 0.6) is 0 Å². The van der Waals surface area contributed by atoms with E-state index in [1.54, 1.807) is 12.1 Å². The molecule has 0 aliphatic carbocycles. The lowest BCUT2D eigenvalue weighted by atomic mass is 9.91. The molecule has 0 N–H and O–H groups in total. The highest BCUT2D eigenvalue weighted by molar-refractivity contribution is 7.90. The molecule has 3 heterocycles. The average molecular weight is 512 g/mol. The van der Waals surface area contributed by atoms with E-state index in [-0.39, 0.29) is 0 Å². The zero-order valence-corrected chi connectivity index (χ0v) is 22.5. The summed E-state index contributed by atoms with van der Waals surface area (Å²) in [6, 6.07) is 16.9. The van der Waals surface area contributed by atoms with Gasteiger partial charge in [-0.2, -0.15) is 0 Å². The highest BCUT2D eigenvalue weighted by Gasteiger charge is 2.32. The summed E-state index contributed by atoms with van der Waals surface area (Å²) in [5, 5.41) is 0. The summed E-state index contributed by atoms with van der Waals surface area (Å²) >= 11 is 0. The van der Waals surface area contributed by atoms with Gasteiger partial charge < -0.3 is 4.74 Å². The van der Waals surface area contributed by atoms with Gasteiger partial charge in [0.15, 0.2) is 9.84 Å². The van der Waals surface area contributed by atoms with E-state index < -0.39 is 9.84 Å². The SMILES string of the molecule is CS(=O)(=O)c1ccc(CN2CCN3CC(COCCCN4CCc5ccccc5C4)CCC3C2)cc1. The van der Waals surface area contributed by atoms with Crippen molar-refractivity contribution in [3.63, 3.8) is 0 Å². The van der Waals surface area contributed by atoms with Crippen molar-refractivity contribution in [3.05, 3.63) is 65.2 Å². The largest absolute Gasteiger partial charge is 0.381 e. The van der Waals surface area contributed by atoms with E-state index in [4.69, 9.17) is 4.74 Å². The first-order chi connectivity index (χ1) is 17.4. The quantitative estimate of drug-likeness (QED) is 0.481. The molecule has 0 bridgehead atoms. The van der Waals surface area contributed by atoms with Gasteiger partial charge in [-0.25, -0.2) is 8.42 Å². The lowest BCUT2D eigenvalue weighted by molar-refractivity contribution is -0.00313. The zero-order chi connectivity index (χ0) is 25.0. The van der Waals surface area contributed by atoms with Gasteiger partial charge in [-0.15, -0.1) is 0 Å². The molecule has 3 aliphatic heterocycles. The first-order valence-electron chi connectivity index (χ1n) is 13.6. The summed E-state index contributed by atoms with van der Waals surface area (Å²) in [5.41, 5.74) is 4.20. The number of sulfone groups is 1. The van der Waals surface area contributed by atoms with Crippen molar-refractivity contribution >= 4 is 9.84 Å². The number of rotatable bonds is 9. The number of fused-ring (bicyclic) bond motifs is 2. The first-order valence-corrected chi connectivity index (χ1v) is 15.5. The second-order valence-electron chi connectivity index (χ2n) is 11.0. The van der Waals surface area contributed by atoms with Gasteiger partial charge >= 0.3 is 0 Å². The van der Waals surface area contributed by atoms with Crippen LogP contribution in [0.15, 0.2) is 53.4 Å². The fourth-order valence-corrected chi connectivity index (χ4v) is 6.72. The fourth-order valence-electron chi connectivity index (χ4n) is 6.09. The van der Waals surface area contributed by atoms with Crippen LogP contribution in [0.3, 0.4) is 0 Å². The van der Waals surface area contributed by atoms with Crippen molar-refractivity contribution in [2.24, 2.45) is 5.92 Å². The molecule has 0 radical (unpaired) electrons. The van der Waals surface area contributed by atoms with Crippen LogP contribution < -0.4 is 0 Å². The van der Waals surface area contributed by atoms with E-state index >= 15 is 0 Å². The van der Waals surface area contributed by atoms with Gasteiger partial charge in [-0.05, 0) is 60.4 Å². The fraction of sp³-hybridized carbons (Fsp3) is 0.586.